The van der Waals surface area contributed by atoms with E-state index in [1.807, 2.05) is 13.8 Å². The number of hydrogen-bond acceptors (Lipinski definition) is 6. The number of rotatable bonds is 6. The minimum atomic E-state index is -0.457. The topological polar surface area (TPSA) is 73.3 Å². The number of hydrogen-bond donors (Lipinski definition) is 1. The van der Waals surface area contributed by atoms with Crippen molar-refractivity contribution in [1.82, 2.24) is 9.97 Å². The van der Waals surface area contributed by atoms with E-state index >= 15 is 0 Å². The lowest BCUT2D eigenvalue weighted by Gasteiger charge is -2.16. The summed E-state index contributed by atoms with van der Waals surface area (Å²) in [5, 5.41) is 3.12. The van der Waals surface area contributed by atoms with Gasteiger partial charge in [0.25, 0.3) is 0 Å². The van der Waals surface area contributed by atoms with Gasteiger partial charge in [-0.1, -0.05) is 0 Å². The highest BCUT2D eigenvalue weighted by atomic mass is 16.5. The maximum absolute atomic E-state index is 11.6. The van der Waals surface area contributed by atoms with Crippen molar-refractivity contribution in [3.63, 3.8) is 0 Å². The van der Waals surface area contributed by atoms with Crippen LogP contribution in [-0.4, -0.2) is 42.3 Å². The monoisotopic (exact) mass is 253 g/mol. The van der Waals surface area contributed by atoms with Crippen molar-refractivity contribution in [2.24, 2.45) is 0 Å². The number of carbonyl (C=O) groups excluding carboxylic acids is 1. The first kappa shape index (κ1) is 14.4. The molecule has 18 heavy (non-hydrogen) atoms. The van der Waals surface area contributed by atoms with E-state index < -0.39 is 5.97 Å². The van der Waals surface area contributed by atoms with Gasteiger partial charge >= 0.3 is 5.97 Å². The Morgan fingerprint density at radius 2 is 2.28 bits per heavy atom. The van der Waals surface area contributed by atoms with Gasteiger partial charge in [-0.3, -0.25) is 0 Å². The molecule has 0 radical (unpaired) electrons. The second-order valence-electron chi connectivity index (χ2n) is 3.88. The molecule has 0 saturated carbocycles. The van der Waals surface area contributed by atoms with Crippen molar-refractivity contribution >= 4 is 11.8 Å². The Hall–Kier alpha value is -1.69. The number of anilines is 1. The van der Waals surface area contributed by atoms with Crippen LogP contribution in [-0.2, 0) is 9.47 Å². The number of nitrogens with one attached hydrogen (secondary N) is 1. The highest BCUT2D eigenvalue weighted by molar-refractivity contribution is 5.94. The summed E-state index contributed by atoms with van der Waals surface area (Å²) in [5.74, 6) is 0.608. The average Bonchev–Trinajstić information content (AvgIpc) is 2.35. The first-order chi connectivity index (χ1) is 8.58. The summed E-state index contributed by atoms with van der Waals surface area (Å²) in [4.78, 5) is 19.8. The second-order valence-corrected chi connectivity index (χ2v) is 3.88. The maximum atomic E-state index is 11.6. The Labute approximate surface area is 107 Å². The van der Waals surface area contributed by atoms with Crippen LogP contribution in [0.2, 0.25) is 0 Å². The quantitative estimate of drug-likeness (QED) is 0.773. The van der Waals surface area contributed by atoms with E-state index in [1.54, 1.807) is 6.92 Å². The Morgan fingerprint density at radius 3 is 2.89 bits per heavy atom. The minimum absolute atomic E-state index is 0.0441. The molecule has 1 atom stereocenters. The number of aromatic nitrogens is 2. The molecule has 0 aliphatic heterocycles. The van der Waals surface area contributed by atoms with Gasteiger partial charge in [0.1, 0.15) is 17.2 Å². The second kappa shape index (κ2) is 6.90. The predicted octanol–water partition coefficient (Wildman–Crippen LogP) is 1.41. The summed E-state index contributed by atoms with van der Waals surface area (Å²) in [6.07, 6.45) is 1.46. The van der Waals surface area contributed by atoms with Crippen molar-refractivity contribution in [3.05, 3.63) is 17.6 Å². The third-order valence-corrected chi connectivity index (χ3v) is 2.27. The van der Waals surface area contributed by atoms with Crippen LogP contribution >= 0.6 is 0 Å². The largest absolute Gasteiger partial charge is 0.465 e. The highest BCUT2D eigenvalue weighted by Crippen LogP contribution is 2.14. The normalized spacial score (nSPS) is 12.0. The van der Waals surface area contributed by atoms with Gasteiger partial charge in [-0.05, 0) is 20.8 Å². The molecule has 1 N–H and O–H groups in total. The molecule has 0 aliphatic carbocycles. The zero-order valence-electron chi connectivity index (χ0n) is 11.2. The number of esters is 1. The highest BCUT2D eigenvalue weighted by Gasteiger charge is 2.15. The van der Waals surface area contributed by atoms with Crippen molar-refractivity contribution in [3.8, 4) is 0 Å². The zero-order chi connectivity index (χ0) is 13.5. The van der Waals surface area contributed by atoms with Crippen LogP contribution in [0.5, 0.6) is 0 Å². The van der Waals surface area contributed by atoms with Crippen LogP contribution in [0.1, 0.15) is 30.0 Å². The SMILES string of the molecule is CCOCC(C)Nc1nc(C)ncc1C(=O)OC. The Kier molecular flexibility index (Phi) is 5.51. The van der Waals surface area contributed by atoms with Gasteiger partial charge in [0, 0.05) is 18.8 Å². The number of ether oxygens (including phenoxy) is 2. The number of nitrogens with zero attached hydrogens (tertiary/aromatic N) is 2. The molecule has 1 unspecified atom stereocenters. The van der Waals surface area contributed by atoms with E-state index in [-0.39, 0.29) is 6.04 Å². The molecule has 1 heterocycles. The molecule has 0 spiro atoms. The van der Waals surface area contributed by atoms with Crippen LogP contribution in [0.3, 0.4) is 0 Å². The van der Waals surface area contributed by atoms with Gasteiger partial charge < -0.3 is 14.8 Å². The number of methoxy groups -OCH3 is 1. The van der Waals surface area contributed by atoms with E-state index in [1.165, 1.54) is 13.3 Å². The van der Waals surface area contributed by atoms with Crippen molar-refractivity contribution in [2.45, 2.75) is 26.8 Å². The molecule has 0 fully saturated rings. The molecule has 0 bridgehead atoms. The lowest BCUT2D eigenvalue weighted by Crippen LogP contribution is -2.24. The molecule has 1 aromatic heterocycles. The summed E-state index contributed by atoms with van der Waals surface area (Å²) < 4.78 is 9.99. The van der Waals surface area contributed by atoms with Crippen molar-refractivity contribution < 1.29 is 14.3 Å². The average molecular weight is 253 g/mol. The maximum Gasteiger partial charge on any atom is 0.343 e. The minimum Gasteiger partial charge on any atom is -0.465 e. The van der Waals surface area contributed by atoms with E-state index in [9.17, 15) is 4.79 Å². The first-order valence-corrected chi connectivity index (χ1v) is 5.84. The summed E-state index contributed by atoms with van der Waals surface area (Å²) in [6, 6.07) is 0.0441. The fourth-order valence-electron chi connectivity index (χ4n) is 1.41. The van der Waals surface area contributed by atoms with Crippen LogP contribution in [0, 0.1) is 6.92 Å². The van der Waals surface area contributed by atoms with Crippen molar-refractivity contribution in [1.29, 1.82) is 0 Å². The molecule has 0 saturated heterocycles. The van der Waals surface area contributed by atoms with Gasteiger partial charge in [-0.25, -0.2) is 14.8 Å². The van der Waals surface area contributed by atoms with E-state index in [0.717, 1.165) is 0 Å². The fraction of sp³-hybridized carbons (Fsp3) is 0.583. The Bertz CT molecular complexity index is 410. The standard InChI is InChI=1S/C12H19N3O3/c1-5-18-7-8(2)14-11-10(12(16)17-4)6-13-9(3)15-11/h6,8H,5,7H2,1-4H3,(H,13,14,15). The lowest BCUT2D eigenvalue weighted by atomic mass is 10.2. The molecule has 1 aromatic rings. The van der Waals surface area contributed by atoms with Gasteiger partial charge in [-0.15, -0.1) is 0 Å². The summed E-state index contributed by atoms with van der Waals surface area (Å²) >= 11 is 0. The van der Waals surface area contributed by atoms with Gasteiger partial charge in [0.05, 0.1) is 13.7 Å². The third-order valence-electron chi connectivity index (χ3n) is 2.27. The molecule has 6 heteroatoms. The molecule has 0 aliphatic rings. The van der Waals surface area contributed by atoms with Gasteiger partial charge in [0.15, 0.2) is 0 Å². The summed E-state index contributed by atoms with van der Waals surface area (Å²) in [5.41, 5.74) is 0.325. The van der Waals surface area contributed by atoms with Crippen LogP contribution in [0.4, 0.5) is 5.82 Å². The molecule has 0 amide bonds. The molecular formula is C12H19N3O3. The molecule has 100 valence electrons. The van der Waals surface area contributed by atoms with E-state index in [2.05, 4.69) is 20.0 Å². The molecular weight excluding hydrogens is 234 g/mol. The molecule has 0 aromatic carbocycles. The van der Waals surface area contributed by atoms with E-state index in [0.29, 0.717) is 30.4 Å². The van der Waals surface area contributed by atoms with Gasteiger partial charge in [-0.2, -0.15) is 0 Å². The van der Waals surface area contributed by atoms with Gasteiger partial charge in [0.2, 0.25) is 0 Å². The lowest BCUT2D eigenvalue weighted by molar-refractivity contribution is 0.0600. The van der Waals surface area contributed by atoms with Crippen LogP contribution in [0.15, 0.2) is 6.20 Å². The molecule has 1 rings (SSSR count). The predicted molar refractivity (Wildman–Crippen MR) is 67.7 cm³/mol. The van der Waals surface area contributed by atoms with Crippen LogP contribution in [0.25, 0.3) is 0 Å². The number of carbonyl (C=O) groups is 1. The summed E-state index contributed by atoms with van der Waals surface area (Å²) in [6.45, 7) is 6.84. The Balaban J connectivity index is 2.85. The first-order valence-electron chi connectivity index (χ1n) is 5.84. The number of aryl methyl sites for hydroxylation is 1. The summed E-state index contributed by atoms with van der Waals surface area (Å²) in [7, 11) is 1.33. The smallest absolute Gasteiger partial charge is 0.343 e. The fourth-order valence-corrected chi connectivity index (χ4v) is 1.41. The molecule has 6 nitrogen and oxygen atoms in total. The van der Waals surface area contributed by atoms with Crippen LogP contribution < -0.4 is 5.32 Å². The van der Waals surface area contributed by atoms with Crippen molar-refractivity contribution in [2.75, 3.05) is 25.6 Å². The third kappa shape index (κ3) is 3.96. The zero-order valence-corrected chi connectivity index (χ0v) is 11.2. The van der Waals surface area contributed by atoms with E-state index in [4.69, 9.17) is 4.74 Å². The Morgan fingerprint density at radius 1 is 1.56 bits per heavy atom.